The lowest BCUT2D eigenvalue weighted by molar-refractivity contribution is 0.0705. The van der Waals surface area contributed by atoms with Crippen molar-refractivity contribution in [2.24, 2.45) is 0 Å². The van der Waals surface area contributed by atoms with Crippen LogP contribution in [0.1, 0.15) is 35.0 Å². The van der Waals surface area contributed by atoms with Gasteiger partial charge in [-0.15, -0.1) is 10.2 Å². The molecule has 4 rings (SSSR count). The molecule has 2 aromatic heterocycles. The molecular weight excluding hydrogens is 402 g/mol. The monoisotopic (exact) mass is 417 g/mol. The lowest BCUT2D eigenvalue weighted by Gasteiger charge is -2.30. The number of hydrogen-bond acceptors (Lipinski definition) is 5. The Bertz CT molecular complexity index is 870. The van der Waals surface area contributed by atoms with Crippen LogP contribution in [0.25, 0.3) is 11.5 Å². The molecule has 5 nitrogen and oxygen atoms in total. The van der Waals surface area contributed by atoms with Gasteiger partial charge in [-0.2, -0.15) is 11.3 Å². The molecule has 0 radical (unpaired) electrons. The van der Waals surface area contributed by atoms with E-state index in [1.807, 2.05) is 46.0 Å². The molecule has 1 aromatic carbocycles. The van der Waals surface area contributed by atoms with Crippen LogP contribution in [0.3, 0.4) is 0 Å². The third-order valence-corrected chi connectivity index (χ3v) is 5.82. The Hall–Kier alpha value is -1.99. The maximum Gasteiger partial charge on any atom is 0.254 e. The van der Waals surface area contributed by atoms with Gasteiger partial charge in [-0.25, -0.2) is 0 Å². The third-order valence-electron chi connectivity index (χ3n) is 4.44. The van der Waals surface area contributed by atoms with Crippen molar-refractivity contribution >= 4 is 33.2 Å². The van der Waals surface area contributed by atoms with E-state index in [1.165, 1.54) is 0 Å². The molecule has 1 aliphatic heterocycles. The van der Waals surface area contributed by atoms with E-state index in [4.69, 9.17) is 4.42 Å². The van der Waals surface area contributed by atoms with Gasteiger partial charge in [-0.1, -0.05) is 12.1 Å². The zero-order valence-electron chi connectivity index (χ0n) is 13.4. The molecule has 128 valence electrons. The topological polar surface area (TPSA) is 59.2 Å². The summed E-state index contributed by atoms with van der Waals surface area (Å²) in [4.78, 5) is 14.6. The Kier molecular flexibility index (Phi) is 4.67. The standard InChI is InChI=1S/C18H16BrN3O2S/c19-15-4-2-1-3-14(15)18(23)22-8-5-12(6-9-22)16-20-21-17(24-16)13-7-10-25-11-13/h1-4,7,10-12H,5-6,8-9H2. The number of carbonyl (C=O) groups excluding carboxylic acids is 1. The Balaban J connectivity index is 1.42. The molecule has 0 aliphatic carbocycles. The van der Waals surface area contributed by atoms with Gasteiger partial charge in [0.25, 0.3) is 5.91 Å². The van der Waals surface area contributed by atoms with Crippen molar-refractivity contribution in [3.05, 3.63) is 57.0 Å². The van der Waals surface area contributed by atoms with Gasteiger partial charge in [0.2, 0.25) is 11.8 Å². The van der Waals surface area contributed by atoms with Gasteiger partial charge in [-0.3, -0.25) is 4.79 Å². The first kappa shape index (κ1) is 16.5. The number of benzene rings is 1. The molecule has 3 aromatic rings. The molecule has 0 atom stereocenters. The average Bonchev–Trinajstić information content (AvgIpc) is 3.33. The molecule has 25 heavy (non-hydrogen) atoms. The van der Waals surface area contributed by atoms with Crippen LogP contribution in [0.15, 0.2) is 50.0 Å². The predicted octanol–water partition coefficient (Wildman–Crippen LogP) is 4.58. The maximum absolute atomic E-state index is 12.7. The fourth-order valence-electron chi connectivity index (χ4n) is 3.04. The average molecular weight is 418 g/mol. The van der Waals surface area contributed by atoms with Crippen molar-refractivity contribution in [1.29, 1.82) is 0 Å². The molecule has 0 spiro atoms. The van der Waals surface area contributed by atoms with Crippen LogP contribution in [-0.4, -0.2) is 34.1 Å². The summed E-state index contributed by atoms with van der Waals surface area (Å²) in [5.41, 5.74) is 1.67. The highest BCUT2D eigenvalue weighted by molar-refractivity contribution is 9.10. The van der Waals surface area contributed by atoms with Crippen LogP contribution < -0.4 is 0 Å². The molecule has 1 fully saturated rings. The van der Waals surface area contributed by atoms with E-state index in [9.17, 15) is 4.79 Å². The van der Waals surface area contributed by atoms with Gasteiger partial charge in [-0.05, 0) is 52.4 Å². The summed E-state index contributed by atoms with van der Waals surface area (Å²) in [6.45, 7) is 1.39. The summed E-state index contributed by atoms with van der Waals surface area (Å²) in [5, 5.41) is 12.4. The molecule has 0 bridgehead atoms. The smallest absolute Gasteiger partial charge is 0.254 e. The summed E-state index contributed by atoms with van der Waals surface area (Å²) in [6, 6.07) is 9.51. The van der Waals surface area contributed by atoms with Crippen molar-refractivity contribution < 1.29 is 9.21 Å². The van der Waals surface area contributed by atoms with E-state index in [0.717, 1.165) is 22.9 Å². The highest BCUT2D eigenvalue weighted by atomic mass is 79.9. The van der Waals surface area contributed by atoms with Gasteiger partial charge >= 0.3 is 0 Å². The molecule has 3 heterocycles. The second-order valence-corrected chi connectivity index (χ2v) is 7.64. The van der Waals surface area contributed by atoms with Crippen LogP contribution >= 0.6 is 27.3 Å². The summed E-state index contributed by atoms with van der Waals surface area (Å²) in [5.74, 6) is 1.52. The highest BCUT2D eigenvalue weighted by Crippen LogP contribution is 2.31. The largest absolute Gasteiger partial charge is 0.420 e. The first-order valence-electron chi connectivity index (χ1n) is 8.12. The SMILES string of the molecule is O=C(c1ccccc1Br)N1CCC(c2nnc(-c3ccsc3)o2)CC1. The zero-order chi connectivity index (χ0) is 17.2. The molecule has 0 saturated carbocycles. The van der Waals surface area contributed by atoms with Crippen molar-refractivity contribution in [3.8, 4) is 11.5 Å². The van der Waals surface area contributed by atoms with E-state index in [0.29, 0.717) is 30.4 Å². The number of nitrogens with zero attached hydrogens (tertiary/aromatic N) is 3. The maximum atomic E-state index is 12.7. The van der Waals surface area contributed by atoms with Crippen molar-refractivity contribution in [2.45, 2.75) is 18.8 Å². The molecular formula is C18H16BrN3O2S. The van der Waals surface area contributed by atoms with Crippen LogP contribution in [0.4, 0.5) is 0 Å². The van der Waals surface area contributed by atoms with Gasteiger partial charge in [0.15, 0.2) is 0 Å². The first-order valence-corrected chi connectivity index (χ1v) is 9.86. The van der Waals surface area contributed by atoms with Gasteiger partial charge < -0.3 is 9.32 Å². The zero-order valence-corrected chi connectivity index (χ0v) is 15.8. The molecule has 1 saturated heterocycles. The highest BCUT2D eigenvalue weighted by Gasteiger charge is 2.28. The van der Waals surface area contributed by atoms with Gasteiger partial charge in [0.05, 0.1) is 5.56 Å². The number of likely N-dealkylation sites (tertiary alicyclic amines) is 1. The minimum Gasteiger partial charge on any atom is -0.420 e. The lowest BCUT2D eigenvalue weighted by atomic mass is 9.96. The number of amides is 1. The lowest BCUT2D eigenvalue weighted by Crippen LogP contribution is -2.38. The second kappa shape index (κ2) is 7.09. The van der Waals surface area contributed by atoms with Crippen molar-refractivity contribution in [1.82, 2.24) is 15.1 Å². The summed E-state index contributed by atoms with van der Waals surface area (Å²) < 4.78 is 6.67. The minimum atomic E-state index is 0.0652. The van der Waals surface area contributed by atoms with E-state index < -0.39 is 0 Å². The Morgan fingerprint density at radius 2 is 2.00 bits per heavy atom. The molecule has 1 amide bonds. The fourth-order valence-corrected chi connectivity index (χ4v) is 4.12. The number of piperidine rings is 1. The number of rotatable bonds is 3. The Morgan fingerprint density at radius 3 is 2.72 bits per heavy atom. The minimum absolute atomic E-state index is 0.0652. The van der Waals surface area contributed by atoms with Gasteiger partial charge in [0, 0.05) is 34.4 Å². The number of hydrogen-bond donors (Lipinski definition) is 0. The van der Waals surface area contributed by atoms with Crippen LogP contribution in [0.5, 0.6) is 0 Å². The molecule has 0 unspecified atom stereocenters. The van der Waals surface area contributed by atoms with Gasteiger partial charge in [0.1, 0.15) is 0 Å². The predicted molar refractivity (Wildman–Crippen MR) is 99.6 cm³/mol. The van der Waals surface area contributed by atoms with Crippen molar-refractivity contribution in [3.63, 3.8) is 0 Å². The normalized spacial score (nSPS) is 15.5. The quantitative estimate of drug-likeness (QED) is 0.625. The fraction of sp³-hybridized carbons (Fsp3) is 0.278. The summed E-state index contributed by atoms with van der Waals surface area (Å²) in [7, 11) is 0. The number of carbonyl (C=O) groups is 1. The van der Waals surface area contributed by atoms with Crippen LogP contribution in [-0.2, 0) is 0 Å². The van der Waals surface area contributed by atoms with E-state index in [-0.39, 0.29) is 11.8 Å². The number of halogens is 1. The molecule has 7 heteroatoms. The Morgan fingerprint density at radius 1 is 1.20 bits per heavy atom. The van der Waals surface area contributed by atoms with E-state index in [1.54, 1.807) is 11.3 Å². The van der Waals surface area contributed by atoms with Crippen LogP contribution in [0.2, 0.25) is 0 Å². The molecule has 0 N–H and O–H groups in total. The van der Waals surface area contributed by atoms with E-state index in [2.05, 4.69) is 26.1 Å². The van der Waals surface area contributed by atoms with Crippen LogP contribution in [0, 0.1) is 0 Å². The van der Waals surface area contributed by atoms with Crippen molar-refractivity contribution in [2.75, 3.05) is 13.1 Å². The number of aromatic nitrogens is 2. The first-order chi connectivity index (χ1) is 12.2. The summed E-state index contributed by atoms with van der Waals surface area (Å²) in [6.07, 6.45) is 1.67. The molecule has 1 aliphatic rings. The Labute approximate surface area is 157 Å². The second-order valence-electron chi connectivity index (χ2n) is 6.00. The number of thiophene rings is 1. The van der Waals surface area contributed by atoms with E-state index >= 15 is 0 Å². The third kappa shape index (κ3) is 3.39. The summed E-state index contributed by atoms with van der Waals surface area (Å²) >= 11 is 5.06.